The number of Topliss-reactive ketones (excluding diaryl/α,β-unsaturated/α-hetero) is 1. The topological polar surface area (TPSA) is 42.9 Å². The van der Waals surface area contributed by atoms with Crippen molar-refractivity contribution in [1.82, 2.24) is 9.97 Å². The molecule has 2 aromatic heterocycles. The van der Waals surface area contributed by atoms with Gasteiger partial charge in [0.2, 0.25) is 0 Å². The van der Waals surface area contributed by atoms with Crippen LogP contribution in [-0.4, -0.2) is 15.8 Å². The Hall–Kier alpha value is -2.52. The molecule has 0 radical (unpaired) electrons. The van der Waals surface area contributed by atoms with E-state index in [4.69, 9.17) is 11.6 Å². The Morgan fingerprint density at radius 2 is 1.69 bits per heavy atom. The van der Waals surface area contributed by atoms with Gasteiger partial charge >= 0.3 is 0 Å². The highest BCUT2D eigenvalue weighted by atomic mass is 35.5. The van der Waals surface area contributed by atoms with Crippen LogP contribution in [0.4, 0.5) is 0 Å². The first-order chi connectivity index (χ1) is 12.3. The summed E-state index contributed by atoms with van der Waals surface area (Å²) in [5, 5.41) is 0.543. The lowest BCUT2D eigenvalue weighted by molar-refractivity contribution is 0.101. The van der Waals surface area contributed by atoms with Crippen LogP contribution in [0.25, 0.3) is 22.3 Å². The fourth-order valence-electron chi connectivity index (χ4n) is 2.73. The van der Waals surface area contributed by atoms with Crippen molar-refractivity contribution in [2.45, 2.75) is 33.1 Å². The molecule has 0 amide bonds. The minimum absolute atomic E-state index is 0.00294. The van der Waals surface area contributed by atoms with Crippen molar-refractivity contribution < 1.29 is 4.79 Å². The van der Waals surface area contributed by atoms with E-state index in [9.17, 15) is 4.79 Å². The molecule has 0 N–H and O–H groups in total. The number of hydrogen-bond donors (Lipinski definition) is 0. The monoisotopic (exact) mass is 364 g/mol. The van der Waals surface area contributed by atoms with E-state index in [0.29, 0.717) is 10.6 Å². The maximum Gasteiger partial charge on any atom is 0.159 e. The normalized spacial score (nSPS) is 11.4. The molecule has 1 aromatic carbocycles. The fourth-order valence-corrected chi connectivity index (χ4v) is 3.02. The van der Waals surface area contributed by atoms with E-state index in [0.717, 1.165) is 27.9 Å². The van der Waals surface area contributed by atoms with Crippen LogP contribution in [0.3, 0.4) is 0 Å². The van der Waals surface area contributed by atoms with Crippen molar-refractivity contribution >= 4 is 17.4 Å². The van der Waals surface area contributed by atoms with Crippen molar-refractivity contribution in [2.75, 3.05) is 0 Å². The molecule has 3 nitrogen and oxygen atoms in total. The van der Waals surface area contributed by atoms with Gasteiger partial charge in [0, 0.05) is 57.0 Å². The number of rotatable bonds is 3. The average molecular weight is 365 g/mol. The molecule has 0 bridgehead atoms. The SMILES string of the molecule is CC(=O)c1ccc(-c2cncc(-c3ccnc(C(C)(C)C)c3)c2)c(Cl)c1. The Balaban J connectivity index is 2.03. The molecule has 0 saturated carbocycles. The first-order valence-corrected chi connectivity index (χ1v) is 8.86. The average Bonchev–Trinajstić information content (AvgIpc) is 2.61. The smallest absolute Gasteiger partial charge is 0.159 e. The first kappa shape index (κ1) is 18.3. The van der Waals surface area contributed by atoms with Gasteiger partial charge in [0.1, 0.15) is 0 Å². The number of ketones is 1. The van der Waals surface area contributed by atoms with Crippen molar-refractivity contribution in [3.05, 3.63) is 71.3 Å². The van der Waals surface area contributed by atoms with Gasteiger partial charge in [0.25, 0.3) is 0 Å². The number of hydrogen-bond acceptors (Lipinski definition) is 3. The lowest BCUT2D eigenvalue weighted by Gasteiger charge is -2.18. The molecule has 0 aliphatic carbocycles. The van der Waals surface area contributed by atoms with E-state index in [1.807, 2.05) is 24.5 Å². The molecule has 0 saturated heterocycles. The summed E-state index contributed by atoms with van der Waals surface area (Å²) in [6.07, 6.45) is 5.45. The number of carbonyl (C=O) groups is 1. The molecule has 4 heteroatoms. The third-order valence-electron chi connectivity index (χ3n) is 4.29. The van der Waals surface area contributed by atoms with E-state index in [2.05, 4.69) is 42.9 Å². The van der Waals surface area contributed by atoms with Gasteiger partial charge in [-0.2, -0.15) is 0 Å². The molecule has 2 heterocycles. The van der Waals surface area contributed by atoms with Crippen molar-refractivity contribution in [2.24, 2.45) is 0 Å². The van der Waals surface area contributed by atoms with E-state index < -0.39 is 0 Å². The zero-order valence-corrected chi connectivity index (χ0v) is 16.1. The maximum atomic E-state index is 11.5. The molecule has 0 aliphatic rings. The molecule has 0 spiro atoms. The van der Waals surface area contributed by atoms with Crippen LogP contribution in [0, 0.1) is 0 Å². The van der Waals surface area contributed by atoms with Gasteiger partial charge in [-0.1, -0.05) is 44.5 Å². The largest absolute Gasteiger partial charge is 0.295 e. The van der Waals surface area contributed by atoms with E-state index in [-0.39, 0.29) is 11.2 Å². The van der Waals surface area contributed by atoms with Gasteiger partial charge in [-0.05, 0) is 36.8 Å². The molecule has 26 heavy (non-hydrogen) atoms. The van der Waals surface area contributed by atoms with Gasteiger partial charge in [0.15, 0.2) is 5.78 Å². The van der Waals surface area contributed by atoms with Crippen molar-refractivity contribution in [3.63, 3.8) is 0 Å². The number of aromatic nitrogens is 2. The Kier molecular flexibility index (Phi) is 4.92. The summed E-state index contributed by atoms with van der Waals surface area (Å²) < 4.78 is 0. The van der Waals surface area contributed by atoms with Gasteiger partial charge in [-0.25, -0.2) is 0 Å². The minimum Gasteiger partial charge on any atom is -0.295 e. The summed E-state index contributed by atoms with van der Waals surface area (Å²) in [5.41, 5.74) is 5.45. The van der Waals surface area contributed by atoms with E-state index >= 15 is 0 Å². The molecule has 0 fully saturated rings. The lowest BCUT2D eigenvalue weighted by atomic mass is 9.90. The highest BCUT2D eigenvalue weighted by Crippen LogP contribution is 2.32. The van der Waals surface area contributed by atoms with Crippen LogP contribution in [0.5, 0.6) is 0 Å². The summed E-state index contributed by atoms with van der Waals surface area (Å²) in [6.45, 7) is 7.96. The lowest BCUT2D eigenvalue weighted by Crippen LogP contribution is -2.13. The summed E-state index contributed by atoms with van der Waals surface area (Å²) in [7, 11) is 0. The van der Waals surface area contributed by atoms with Gasteiger partial charge < -0.3 is 0 Å². The molecule has 0 aliphatic heterocycles. The second kappa shape index (κ2) is 7.00. The number of halogens is 1. The zero-order valence-electron chi connectivity index (χ0n) is 15.4. The summed E-state index contributed by atoms with van der Waals surface area (Å²) >= 11 is 6.40. The van der Waals surface area contributed by atoms with Crippen LogP contribution in [-0.2, 0) is 5.41 Å². The second-order valence-electron chi connectivity index (χ2n) is 7.39. The van der Waals surface area contributed by atoms with Gasteiger partial charge in [-0.15, -0.1) is 0 Å². The van der Waals surface area contributed by atoms with E-state index in [1.54, 1.807) is 18.3 Å². The standard InChI is InChI=1S/C22H21ClN2O/c1-14(26)15-5-6-19(20(23)10-15)18-9-17(12-24-13-18)16-7-8-25-21(11-16)22(2,3)4/h5-13H,1-4H3. The summed E-state index contributed by atoms with van der Waals surface area (Å²) in [5.74, 6) is -0.00294. The number of benzene rings is 1. The third-order valence-corrected chi connectivity index (χ3v) is 4.60. The predicted molar refractivity (Wildman–Crippen MR) is 107 cm³/mol. The minimum atomic E-state index is -0.0210. The van der Waals surface area contributed by atoms with Gasteiger partial charge in [0.05, 0.1) is 0 Å². The molecule has 0 atom stereocenters. The molecule has 0 unspecified atom stereocenters. The molecule has 132 valence electrons. The van der Waals surface area contributed by atoms with Crippen LogP contribution < -0.4 is 0 Å². The second-order valence-corrected chi connectivity index (χ2v) is 7.80. The fraction of sp³-hybridized carbons (Fsp3) is 0.227. The van der Waals surface area contributed by atoms with Gasteiger partial charge in [-0.3, -0.25) is 14.8 Å². The number of carbonyl (C=O) groups excluding carboxylic acids is 1. The highest BCUT2D eigenvalue weighted by molar-refractivity contribution is 6.33. The van der Waals surface area contributed by atoms with Crippen molar-refractivity contribution in [1.29, 1.82) is 0 Å². The quantitative estimate of drug-likeness (QED) is 0.538. The number of pyridine rings is 2. The summed E-state index contributed by atoms with van der Waals surface area (Å²) in [4.78, 5) is 20.4. The molecule has 3 aromatic rings. The Morgan fingerprint density at radius 3 is 2.35 bits per heavy atom. The Labute approximate surface area is 159 Å². The molecular weight excluding hydrogens is 344 g/mol. The van der Waals surface area contributed by atoms with Crippen LogP contribution >= 0.6 is 11.6 Å². The van der Waals surface area contributed by atoms with E-state index in [1.165, 1.54) is 6.92 Å². The Bertz CT molecular complexity index is 974. The van der Waals surface area contributed by atoms with Crippen LogP contribution in [0.1, 0.15) is 43.7 Å². The Morgan fingerprint density at radius 1 is 0.962 bits per heavy atom. The third kappa shape index (κ3) is 3.83. The first-order valence-electron chi connectivity index (χ1n) is 8.48. The molecule has 3 rings (SSSR count). The zero-order chi connectivity index (χ0) is 18.9. The number of nitrogens with zero attached hydrogens (tertiary/aromatic N) is 2. The molecular formula is C22H21ClN2O. The highest BCUT2D eigenvalue weighted by Gasteiger charge is 2.16. The van der Waals surface area contributed by atoms with Crippen molar-refractivity contribution in [3.8, 4) is 22.3 Å². The predicted octanol–water partition coefficient (Wildman–Crippen LogP) is 5.96. The maximum absolute atomic E-state index is 11.5. The van der Waals surface area contributed by atoms with Crippen LogP contribution in [0.2, 0.25) is 5.02 Å². The summed E-state index contributed by atoms with van der Waals surface area (Å²) in [6, 6.07) is 11.5. The van der Waals surface area contributed by atoms with Crippen LogP contribution in [0.15, 0.2) is 55.0 Å².